The molecule has 0 spiro atoms. The fourth-order valence-electron chi connectivity index (χ4n) is 2.62. The molecule has 0 bridgehead atoms. The van der Waals surface area contributed by atoms with Gasteiger partial charge in [-0.05, 0) is 44.5 Å². The summed E-state index contributed by atoms with van der Waals surface area (Å²) in [5.41, 5.74) is 5.30. The first-order valence-corrected chi connectivity index (χ1v) is 7.40. The lowest BCUT2D eigenvalue weighted by Crippen LogP contribution is -2.02. The van der Waals surface area contributed by atoms with Crippen LogP contribution in [0, 0.1) is 32.1 Å². The molecule has 23 heavy (non-hydrogen) atoms. The molecular formula is C18H17N5. The van der Waals surface area contributed by atoms with Crippen molar-refractivity contribution in [3.05, 3.63) is 70.8 Å². The summed E-state index contributed by atoms with van der Waals surface area (Å²) in [6, 6.07) is 10.1. The Morgan fingerprint density at radius 2 is 1.78 bits per heavy atom. The van der Waals surface area contributed by atoms with Crippen molar-refractivity contribution in [1.29, 1.82) is 5.26 Å². The van der Waals surface area contributed by atoms with Gasteiger partial charge in [0.1, 0.15) is 11.9 Å². The van der Waals surface area contributed by atoms with Gasteiger partial charge in [0.15, 0.2) is 0 Å². The topological polar surface area (TPSA) is 67.4 Å². The molecule has 114 valence electrons. The van der Waals surface area contributed by atoms with Crippen LogP contribution < -0.4 is 0 Å². The molecule has 0 aliphatic rings. The van der Waals surface area contributed by atoms with Crippen LogP contribution in [0.4, 0.5) is 0 Å². The molecule has 1 aromatic carbocycles. The lowest BCUT2D eigenvalue weighted by molar-refractivity contribution is 0.916. The predicted octanol–water partition coefficient (Wildman–Crippen LogP) is 3.05. The fourth-order valence-corrected chi connectivity index (χ4v) is 2.62. The highest BCUT2D eigenvalue weighted by molar-refractivity contribution is 5.51. The maximum Gasteiger partial charge on any atom is 0.133 e. The minimum atomic E-state index is 0.612. The van der Waals surface area contributed by atoms with Gasteiger partial charge >= 0.3 is 0 Å². The van der Waals surface area contributed by atoms with Crippen molar-refractivity contribution in [1.82, 2.24) is 19.5 Å². The van der Waals surface area contributed by atoms with E-state index in [1.165, 1.54) is 0 Å². The Kier molecular flexibility index (Phi) is 3.90. The Hall–Kier alpha value is -3.00. The average molecular weight is 303 g/mol. The van der Waals surface area contributed by atoms with Gasteiger partial charge < -0.3 is 4.57 Å². The van der Waals surface area contributed by atoms with E-state index in [1.807, 2.05) is 55.8 Å². The van der Waals surface area contributed by atoms with Gasteiger partial charge in [0.05, 0.1) is 23.3 Å². The third-order valence-electron chi connectivity index (χ3n) is 3.56. The van der Waals surface area contributed by atoms with E-state index in [9.17, 15) is 5.26 Å². The van der Waals surface area contributed by atoms with E-state index in [-0.39, 0.29) is 0 Å². The summed E-state index contributed by atoms with van der Waals surface area (Å²) in [7, 11) is 0. The second-order valence-corrected chi connectivity index (χ2v) is 5.63. The van der Waals surface area contributed by atoms with Crippen molar-refractivity contribution < 1.29 is 0 Å². The number of aromatic nitrogens is 4. The van der Waals surface area contributed by atoms with Crippen LogP contribution in [0.2, 0.25) is 0 Å². The van der Waals surface area contributed by atoms with E-state index in [0.29, 0.717) is 12.0 Å². The van der Waals surface area contributed by atoms with Crippen molar-refractivity contribution >= 4 is 0 Å². The van der Waals surface area contributed by atoms with Gasteiger partial charge in [-0.25, -0.2) is 15.0 Å². The quantitative estimate of drug-likeness (QED) is 0.746. The number of hydrogen-bond acceptors (Lipinski definition) is 4. The number of hydrogen-bond donors (Lipinski definition) is 0. The summed E-state index contributed by atoms with van der Waals surface area (Å²) in [6.07, 6.45) is 4.24. The first-order chi connectivity index (χ1) is 11.0. The van der Waals surface area contributed by atoms with E-state index < -0.39 is 0 Å². The maximum absolute atomic E-state index is 9.45. The van der Waals surface area contributed by atoms with Gasteiger partial charge in [0.25, 0.3) is 0 Å². The van der Waals surface area contributed by atoms with Gasteiger partial charge in [-0.3, -0.25) is 0 Å². The largest absolute Gasteiger partial charge is 0.305 e. The molecule has 5 heteroatoms. The summed E-state index contributed by atoms with van der Waals surface area (Å²) >= 11 is 0. The number of nitrogens with zero attached hydrogens (tertiary/aromatic N) is 5. The van der Waals surface area contributed by atoms with Crippen LogP contribution >= 0.6 is 0 Å². The Bertz CT molecular complexity index is 882. The molecule has 0 saturated heterocycles. The maximum atomic E-state index is 9.45. The van der Waals surface area contributed by atoms with Crippen molar-refractivity contribution in [2.45, 2.75) is 27.2 Å². The van der Waals surface area contributed by atoms with E-state index >= 15 is 0 Å². The minimum Gasteiger partial charge on any atom is -0.305 e. The number of rotatable bonds is 3. The third-order valence-corrected chi connectivity index (χ3v) is 3.56. The molecule has 0 aliphatic heterocycles. The molecule has 0 saturated carbocycles. The summed E-state index contributed by atoms with van der Waals surface area (Å²) in [5, 5.41) is 9.45. The molecule has 0 atom stereocenters. The van der Waals surface area contributed by atoms with Crippen LogP contribution in [0.15, 0.2) is 36.8 Å². The highest BCUT2D eigenvalue weighted by atomic mass is 15.0. The zero-order valence-corrected chi connectivity index (χ0v) is 13.4. The molecule has 0 N–H and O–H groups in total. The van der Waals surface area contributed by atoms with Crippen molar-refractivity contribution in [2.75, 3.05) is 0 Å². The zero-order chi connectivity index (χ0) is 16.4. The van der Waals surface area contributed by atoms with Crippen LogP contribution in [-0.4, -0.2) is 19.5 Å². The molecule has 0 radical (unpaired) electrons. The summed E-state index contributed by atoms with van der Waals surface area (Å²) in [4.78, 5) is 13.1. The molecule has 3 aromatic rings. The zero-order valence-electron chi connectivity index (χ0n) is 13.4. The Labute approximate surface area is 135 Å². The number of benzene rings is 1. The van der Waals surface area contributed by atoms with E-state index in [0.717, 1.165) is 34.2 Å². The van der Waals surface area contributed by atoms with Crippen LogP contribution in [0.3, 0.4) is 0 Å². The predicted molar refractivity (Wildman–Crippen MR) is 87.3 cm³/mol. The van der Waals surface area contributed by atoms with Crippen molar-refractivity contribution in [3.8, 4) is 11.8 Å². The van der Waals surface area contributed by atoms with Gasteiger partial charge in [-0.15, -0.1) is 0 Å². The molecule has 3 rings (SSSR count). The second-order valence-electron chi connectivity index (χ2n) is 5.63. The highest BCUT2D eigenvalue weighted by Crippen LogP contribution is 2.18. The van der Waals surface area contributed by atoms with Crippen molar-refractivity contribution in [2.24, 2.45) is 0 Å². The second kappa shape index (κ2) is 6.01. The molecule has 0 aliphatic carbocycles. The summed E-state index contributed by atoms with van der Waals surface area (Å²) in [5.74, 6) is 0.776. The standard InChI is InChI=1S/C18H17N5/c1-12-6-13(2)22-18(21-12)8-15-4-5-17(16(7-15)9-19)23-10-14(3)20-11-23/h4-7,10-11H,8H2,1-3H3. The molecule has 2 heterocycles. The lowest BCUT2D eigenvalue weighted by Gasteiger charge is -2.08. The first kappa shape index (κ1) is 14.9. The first-order valence-electron chi connectivity index (χ1n) is 7.40. The number of nitriles is 1. The Morgan fingerprint density at radius 1 is 1.04 bits per heavy atom. The highest BCUT2D eigenvalue weighted by Gasteiger charge is 2.08. The van der Waals surface area contributed by atoms with Gasteiger partial charge in [0.2, 0.25) is 0 Å². The van der Waals surface area contributed by atoms with Crippen LogP contribution in [-0.2, 0) is 6.42 Å². The van der Waals surface area contributed by atoms with Crippen molar-refractivity contribution in [3.63, 3.8) is 0 Å². The number of aryl methyl sites for hydroxylation is 3. The average Bonchev–Trinajstić information content (AvgIpc) is 2.92. The molecule has 0 unspecified atom stereocenters. The van der Waals surface area contributed by atoms with E-state index in [2.05, 4.69) is 21.0 Å². The molecular weight excluding hydrogens is 286 g/mol. The molecule has 0 amide bonds. The fraction of sp³-hybridized carbons (Fsp3) is 0.222. The summed E-state index contributed by atoms with van der Waals surface area (Å²) in [6.45, 7) is 5.85. The van der Waals surface area contributed by atoms with Crippen LogP contribution in [0.25, 0.3) is 5.69 Å². The monoisotopic (exact) mass is 303 g/mol. The van der Waals surface area contributed by atoms with E-state index in [4.69, 9.17) is 0 Å². The number of imidazole rings is 1. The Morgan fingerprint density at radius 3 is 2.39 bits per heavy atom. The van der Waals surface area contributed by atoms with Crippen LogP contribution in [0.1, 0.15) is 34.0 Å². The lowest BCUT2D eigenvalue weighted by atomic mass is 10.1. The van der Waals surface area contributed by atoms with Crippen LogP contribution in [0.5, 0.6) is 0 Å². The minimum absolute atomic E-state index is 0.612. The van der Waals surface area contributed by atoms with Gasteiger partial charge in [0, 0.05) is 24.0 Å². The van der Waals surface area contributed by atoms with Gasteiger partial charge in [-0.2, -0.15) is 5.26 Å². The smallest absolute Gasteiger partial charge is 0.133 e. The SMILES string of the molecule is Cc1cn(-c2ccc(Cc3nc(C)cc(C)n3)cc2C#N)cn1. The van der Waals surface area contributed by atoms with E-state index in [1.54, 1.807) is 6.33 Å². The third kappa shape index (κ3) is 3.27. The molecule has 2 aromatic heterocycles. The summed E-state index contributed by atoms with van der Waals surface area (Å²) < 4.78 is 1.87. The molecule has 0 fully saturated rings. The normalized spacial score (nSPS) is 10.5. The Balaban J connectivity index is 1.94. The van der Waals surface area contributed by atoms with Gasteiger partial charge in [-0.1, -0.05) is 6.07 Å². The molecule has 5 nitrogen and oxygen atoms in total.